The maximum atomic E-state index is 12.0. The number of carbonyl (C=O) groups is 1. The van der Waals surface area contributed by atoms with Crippen LogP contribution in [-0.4, -0.2) is 17.5 Å². The van der Waals surface area contributed by atoms with Gasteiger partial charge in [0.15, 0.2) is 0 Å². The number of nitrogens with one attached hydrogen (secondary N) is 1. The molecule has 1 aromatic heterocycles. The van der Waals surface area contributed by atoms with Crippen LogP contribution in [0.3, 0.4) is 0 Å². The third-order valence-corrected chi connectivity index (χ3v) is 2.98. The molecule has 2 rings (SSSR count). The highest BCUT2D eigenvalue weighted by molar-refractivity contribution is 9.10. The molecule has 0 atom stereocenters. The molecule has 0 saturated carbocycles. The second-order valence-electron chi connectivity index (χ2n) is 4.13. The van der Waals surface area contributed by atoms with Crippen molar-refractivity contribution < 1.29 is 18.3 Å². The Labute approximate surface area is 134 Å². The molecule has 0 bridgehead atoms. The number of alkyl halides is 2. The van der Waals surface area contributed by atoms with E-state index in [4.69, 9.17) is 0 Å². The number of rotatable bonds is 5. The van der Waals surface area contributed by atoms with E-state index in [2.05, 4.69) is 31.0 Å². The molecule has 7 heteroatoms. The van der Waals surface area contributed by atoms with Crippen LogP contribution in [0.5, 0.6) is 5.75 Å². The van der Waals surface area contributed by atoms with Gasteiger partial charge in [0.1, 0.15) is 11.6 Å². The highest BCUT2D eigenvalue weighted by Gasteiger charge is 2.03. The summed E-state index contributed by atoms with van der Waals surface area (Å²) in [4.78, 5) is 15.7. The number of anilines is 1. The summed E-state index contributed by atoms with van der Waals surface area (Å²) in [5.74, 6) is 0.150. The first kappa shape index (κ1) is 16.1. The van der Waals surface area contributed by atoms with Crippen molar-refractivity contribution in [1.29, 1.82) is 0 Å². The Morgan fingerprint density at radius 3 is 2.55 bits per heavy atom. The minimum absolute atomic E-state index is 0.0654. The van der Waals surface area contributed by atoms with Gasteiger partial charge in [-0.25, -0.2) is 4.98 Å². The van der Waals surface area contributed by atoms with Crippen LogP contribution in [0.4, 0.5) is 14.6 Å². The SMILES string of the molecule is O=C(/C=C\c1ccc(OC(F)F)cc1)Nc1ccc(Br)cn1. The molecule has 1 heterocycles. The van der Waals surface area contributed by atoms with Crippen LogP contribution >= 0.6 is 15.9 Å². The maximum absolute atomic E-state index is 12.0. The summed E-state index contributed by atoms with van der Waals surface area (Å²) in [6, 6.07) is 9.36. The predicted octanol–water partition coefficient (Wildman–Crippen LogP) is 4.10. The number of hydrogen-bond acceptors (Lipinski definition) is 3. The van der Waals surface area contributed by atoms with Crippen molar-refractivity contribution in [2.24, 2.45) is 0 Å². The van der Waals surface area contributed by atoms with E-state index >= 15 is 0 Å². The minimum Gasteiger partial charge on any atom is -0.435 e. The van der Waals surface area contributed by atoms with Crippen molar-refractivity contribution >= 4 is 33.7 Å². The highest BCUT2D eigenvalue weighted by atomic mass is 79.9. The van der Waals surface area contributed by atoms with Gasteiger partial charge in [0.2, 0.25) is 5.91 Å². The summed E-state index contributed by atoms with van der Waals surface area (Å²) in [5.41, 5.74) is 0.681. The average Bonchev–Trinajstić information content (AvgIpc) is 2.48. The summed E-state index contributed by atoms with van der Waals surface area (Å²) in [6.07, 6.45) is 4.45. The van der Waals surface area contributed by atoms with Gasteiger partial charge in [-0.05, 0) is 51.8 Å². The number of aromatic nitrogens is 1. The lowest BCUT2D eigenvalue weighted by molar-refractivity contribution is -0.111. The first-order chi connectivity index (χ1) is 10.5. The van der Waals surface area contributed by atoms with Gasteiger partial charge in [-0.15, -0.1) is 0 Å². The van der Waals surface area contributed by atoms with Crippen molar-refractivity contribution in [2.45, 2.75) is 6.61 Å². The molecule has 2 aromatic rings. The third kappa shape index (κ3) is 5.25. The Kier molecular flexibility index (Phi) is 5.60. The molecule has 0 fully saturated rings. The Bertz CT molecular complexity index is 658. The van der Waals surface area contributed by atoms with Crippen LogP contribution in [0.15, 0.2) is 53.1 Å². The van der Waals surface area contributed by atoms with Gasteiger partial charge >= 0.3 is 6.61 Å². The van der Waals surface area contributed by atoms with Crippen molar-refractivity contribution in [2.75, 3.05) is 5.32 Å². The highest BCUT2D eigenvalue weighted by Crippen LogP contribution is 2.16. The summed E-state index contributed by atoms with van der Waals surface area (Å²) < 4.78 is 29.1. The fourth-order valence-corrected chi connectivity index (χ4v) is 1.78. The van der Waals surface area contributed by atoms with E-state index in [-0.39, 0.29) is 11.7 Å². The summed E-state index contributed by atoms with van der Waals surface area (Å²) in [5, 5.41) is 2.60. The molecule has 0 aliphatic rings. The number of halogens is 3. The zero-order valence-electron chi connectivity index (χ0n) is 11.2. The fourth-order valence-electron chi connectivity index (χ4n) is 1.55. The van der Waals surface area contributed by atoms with Crippen LogP contribution in [-0.2, 0) is 4.79 Å². The number of ether oxygens (including phenoxy) is 1. The van der Waals surface area contributed by atoms with Crippen LogP contribution in [0, 0.1) is 0 Å². The number of carbonyl (C=O) groups excluding carboxylic acids is 1. The van der Waals surface area contributed by atoms with E-state index in [1.807, 2.05) is 0 Å². The Morgan fingerprint density at radius 2 is 1.95 bits per heavy atom. The normalized spacial score (nSPS) is 10.9. The molecule has 4 nitrogen and oxygen atoms in total. The van der Waals surface area contributed by atoms with Gasteiger partial charge in [0.25, 0.3) is 0 Å². The number of nitrogens with zero attached hydrogens (tertiary/aromatic N) is 1. The van der Waals surface area contributed by atoms with Crippen molar-refractivity contribution in [1.82, 2.24) is 4.98 Å². The standard InChI is InChI=1S/C15H11BrF2N2O2/c16-11-4-7-13(19-9-11)20-14(21)8-3-10-1-5-12(6-2-10)22-15(17)18/h1-9,15H,(H,19,20,21)/b8-3-. The van der Waals surface area contributed by atoms with E-state index in [0.717, 1.165) is 4.47 Å². The van der Waals surface area contributed by atoms with E-state index in [1.165, 1.54) is 18.2 Å². The quantitative estimate of drug-likeness (QED) is 0.808. The minimum atomic E-state index is -2.86. The Balaban J connectivity index is 1.93. The average molecular weight is 369 g/mol. The second-order valence-corrected chi connectivity index (χ2v) is 5.05. The second kappa shape index (κ2) is 7.65. The van der Waals surface area contributed by atoms with Gasteiger partial charge in [-0.1, -0.05) is 12.1 Å². The first-order valence-corrected chi connectivity index (χ1v) is 6.98. The molecule has 0 spiro atoms. The number of benzene rings is 1. The van der Waals surface area contributed by atoms with Gasteiger partial charge in [0, 0.05) is 16.7 Å². The molecule has 22 heavy (non-hydrogen) atoms. The van der Waals surface area contributed by atoms with Gasteiger partial charge in [-0.3, -0.25) is 4.79 Å². The Hall–Kier alpha value is -2.28. The zero-order valence-corrected chi connectivity index (χ0v) is 12.8. The monoisotopic (exact) mass is 368 g/mol. The molecule has 0 aliphatic heterocycles. The molecule has 1 N–H and O–H groups in total. The Morgan fingerprint density at radius 1 is 1.23 bits per heavy atom. The summed E-state index contributed by atoms with van der Waals surface area (Å²) in [7, 11) is 0. The largest absolute Gasteiger partial charge is 0.435 e. The van der Waals surface area contributed by atoms with E-state index < -0.39 is 6.61 Å². The van der Waals surface area contributed by atoms with E-state index in [1.54, 1.807) is 36.5 Å². The molecular formula is C15H11BrF2N2O2. The lowest BCUT2D eigenvalue weighted by atomic mass is 10.2. The van der Waals surface area contributed by atoms with Crippen molar-refractivity contribution in [3.63, 3.8) is 0 Å². The van der Waals surface area contributed by atoms with Crippen LogP contribution < -0.4 is 10.1 Å². The molecule has 1 aromatic carbocycles. The lowest BCUT2D eigenvalue weighted by Gasteiger charge is -2.04. The number of amides is 1. The smallest absolute Gasteiger partial charge is 0.387 e. The maximum Gasteiger partial charge on any atom is 0.387 e. The molecule has 0 aliphatic carbocycles. The van der Waals surface area contributed by atoms with Crippen LogP contribution in [0.1, 0.15) is 5.56 Å². The topological polar surface area (TPSA) is 51.2 Å². The van der Waals surface area contributed by atoms with Gasteiger partial charge in [0.05, 0.1) is 0 Å². The molecule has 0 unspecified atom stereocenters. The van der Waals surface area contributed by atoms with E-state index in [9.17, 15) is 13.6 Å². The number of pyridine rings is 1. The van der Waals surface area contributed by atoms with Crippen LogP contribution in [0.25, 0.3) is 6.08 Å². The summed E-state index contributed by atoms with van der Waals surface area (Å²) in [6.45, 7) is -2.86. The van der Waals surface area contributed by atoms with Crippen LogP contribution in [0.2, 0.25) is 0 Å². The molecular weight excluding hydrogens is 358 g/mol. The molecule has 0 saturated heterocycles. The lowest BCUT2D eigenvalue weighted by Crippen LogP contribution is -2.08. The van der Waals surface area contributed by atoms with Crippen molar-refractivity contribution in [3.8, 4) is 5.75 Å². The summed E-state index contributed by atoms with van der Waals surface area (Å²) >= 11 is 3.25. The van der Waals surface area contributed by atoms with Gasteiger partial charge < -0.3 is 10.1 Å². The number of hydrogen-bond donors (Lipinski definition) is 1. The molecule has 1 amide bonds. The zero-order chi connectivity index (χ0) is 15.9. The predicted molar refractivity (Wildman–Crippen MR) is 82.7 cm³/mol. The van der Waals surface area contributed by atoms with Gasteiger partial charge in [-0.2, -0.15) is 8.78 Å². The fraction of sp³-hybridized carbons (Fsp3) is 0.0667. The molecule has 0 radical (unpaired) electrons. The van der Waals surface area contributed by atoms with E-state index in [0.29, 0.717) is 11.4 Å². The molecule has 114 valence electrons. The third-order valence-electron chi connectivity index (χ3n) is 2.51. The first-order valence-electron chi connectivity index (χ1n) is 6.18. The van der Waals surface area contributed by atoms with Crippen molar-refractivity contribution in [3.05, 3.63) is 58.7 Å².